The lowest BCUT2D eigenvalue weighted by molar-refractivity contribution is -0.137. The van der Waals surface area contributed by atoms with Gasteiger partial charge in [-0.1, -0.05) is 0 Å². The van der Waals surface area contributed by atoms with Gasteiger partial charge in [0.25, 0.3) is 0 Å². The Morgan fingerprint density at radius 3 is 2.64 bits per heavy atom. The van der Waals surface area contributed by atoms with Crippen molar-refractivity contribution in [2.24, 2.45) is 0 Å². The van der Waals surface area contributed by atoms with Gasteiger partial charge in [0.05, 0.1) is 22.4 Å². The van der Waals surface area contributed by atoms with Crippen molar-refractivity contribution in [2.75, 3.05) is 25.0 Å². The van der Waals surface area contributed by atoms with E-state index in [1.54, 1.807) is 4.90 Å². The molecule has 0 radical (unpaired) electrons. The number of rotatable bonds is 3. The van der Waals surface area contributed by atoms with Crippen LogP contribution in [0.25, 0.3) is 0 Å². The van der Waals surface area contributed by atoms with E-state index in [1.165, 1.54) is 19.2 Å². The van der Waals surface area contributed by atoms with Crippen molar-refractivity contribution in [1.29, 1.82) is 5.26 Å². The molecule has 5 nitrogen and oxygen atoms in total. The quantitative estimate of drug-likeness (QED) is 0.914. The zero-order valence-corrected chi connectivity index (χ0v) is 12.5. The third-order valence-electron chi connectivity index (χ3n) is 3.66. The van der Waals surface area contributed by atoms with Crippen LogP contribution in [0.3, 0.4) is 0 Å². The summed E-state index contributed by atoms with van der Waals surface area (Å²) in [5.74, 6) is 0. The number of halogens is 3. The highest BCUT2D eigenvalue weighted by Crippen LogP contribution is 2.35. The Kier molecular flexibility index (Phi) is 4.35. The fourth-order valence-corrected chi connectivity index (χ4v) is 3.57. The van der Waals surface area contributed by atoms with Gasteiger partial charge in [0.1, 0.15) is 0 Å². The van der Waals surface area contributed by atoms with E-state index in [-0.39, 0.29) is 12.2 Å². The maximum absolute atomic E-state index is 12.9. The van der Waals surface area contributed by atoms with Gasteiger partial charge < -0.3 is 4.90 Å². The number of hydrogen-bond acceptors (Lipinski definition) is 4. The molecule has 1 heterocycles. The molecule has 1 N–H and O–H groups in total. The summed E-state index contributed by atoms with van der Waals surface area (Å²) in [7, 11) is -2.15. The number of nitrogens with zero attached hydrogens (tertiary/aromatic N) is 2. The summed E-state index contributed by atoms with van der Waals surface area (Å²) in [5, 5.41) is 8.10. The fourth-order valence-electron chi connectivity index (χ4n) is 2.44. The van der Waals surface area contributed by atoms with E-state index < -0.39 is 32.6 Å². The van der Waals surface area contributed by atoms with Crippen LogP contribution in [0.2, 0.25) is 0 Å². The predicted molar refractivity (Wildman–Crippen MR) is 74.8 cm³/mol. The van der Waals surface area contributed by atoms with E-state index >= 15 is 0 Å². The standard InChI is InChI=1S/C13H14F3N3O2S/c1-18-22(20,21)11-4-5-19(8-11)10-3-2-9(7-17)12(6-10)13(14,15)16/h2-3,6,11,18H,4-5,8H2,1H3/t11-/m0/s1. The summed E-state index contributed by atoms with van der Waals surface area (Å²) < 4.78 is 64.6. The van der Waals surface area contributed by atoms with E-state index in [4.69, 9.17) is 5.26 Å². The molecule has 1 aliphatic rings. The van der Waals surface area contributed by atoms with E-state index in [9.17, 15) is 21.6 Å². The van der Waals surface area contributed by atoms with Gasteiger partial charge in [-0.15, -0.1) is 0 Å². The number of hydrogen-bond donors (Lipinski definition) is 1. The molecule has 1 fully saturated rings. The molecule has 2 rings (SSSR count). The van der Waals surface area contributed by atoms with Gasteiger partial charge in [0, 0.05) is 18.8 Å². The molecule has 0 bridgehead atoms. The number of nitrogens with one attached hydrogen (secondary N) is 1. The third-order valence-corrected chi connectivity index (χ3v) is 5.49. The zero-order chi connectivity index (χ0) is 16.5. The Morgan fingerprint density at radius 1 is 1.41 bits per heavy atom. The topological polar surface area (TPSA) is 73.2 Å². The SMILES string of the molecule is CNS(=O)(=O)[C@H]1CCN(c2ccc(C#N)c(C(F)(F)F)c2)C1. The largest absolute Gasteiger partial charge is 0.417 e. The monoisotopic (exact) mass is 333 g/mol. The lowest BCUT2D eigenvalue weighted by Gasteiger charge is -2.20. The first-order chi connectivity index (χ1) is 10.2. The summed E-state index contributed by atoms with van der Waals surface area (Å²) in [6.07, 6.45) is -4.29. The normalized spacial score (nSPS) is 19.2. The van der Waals surface area contributed by atoms with Gasteiger partial charge in [0.2, 0.25) is 10.0 Å². The van der Waals surface area contributed by atoms with Gasteiger partial charge in [0.15, 0.2) is 0 Å². The minimum atomic E-state index is -4.63. The Morgan fingerprint density at radius 2 is 2.09 bits per heavy atom. The summed E-state index contributed by atoms with van der Waals surface area (Å²) in [6.45, 7) is 0.459. The molecule has 9 heteroatoms. The molecule has 1 atom stereocenters. The van der Waals surface area contributed by atoms with Gasteiger partial charge in [-0.3, -0.25) is 0 Å². The smallest absolute Gasteiger partial charge is 0.370 e. The lowest BCUT2D eigenvalue weighted by atomic mass is 10.1. The van der Waals surface area contributed by atoms with Crippen molar-refractivity contribution < 1.29 is 21.6 Å². The molecule has 1 saturated heterocycles. The van der Waals surface area contributed by atoms with Crippen molar-refractivity contribution >= 4 is 15.7 Å². The average Bonchev–Trinajstić information content (AvgIpc) is 2.96. The number of benzene rings is 1. The van der Waals surface area contributed by atoms with Gasteiger partial charge in [-0.25, -0.2) is 13.1 Å². The molecule has 1 aromatic rings. The summed E-state index contributed by atoms with van der Waals surface area (Å²) >= 11 is 0. The second-order valence-corrected chi connectivity index (χ2v) is 7.11. The van der Waals surface area contributed by atoms with E-state index in [2.05, 4.69) is 4.72 Å². The number of alkyl halides is 3. The van der Waals surface area contributed by atoms with Crippen molar-refractivity contribution in [3.63, 3.8) is 0 Å². The number of anilines is 1. The van der Waals surface area contributed by atoms with Crippen molar-refractivity contribution in [3.05, 3.63) is 29.3 Å². The van der Waals surface area contributed by atoms with Crippen LogP contribution >= 0.6 is 0 Å². The Hall–Kier alpha value is -1.79. The molecule has 0 aliphatic carbocycles. The average molecular weight is 333 g/mol. The molecular weight excluding hydrogens is 319 g/mol. The molecule has 1 aromatic carbocycles. The van der Waals surface area contributed by atoms with E-state index in [1.807, 2.05) is 0 Å². The summed E-state index contributed by atoms with van der Waals surface area (Å²) in [6, 6.07) is 4.93. The minimum absolute atomic E-state index is 0.117. The first-order valence-electron chi connectivity index (χ1n) is 6.47. The van der Waals surface area contributed by atoms with Crippen LogP contribution in [0.15, 0.2) is 18.2 Å². The molecule has 0 aromatic heterocycles. The highest BCUT2D eigenvalue weighted by atomic mass is 32.2. The van der Waals surface area contributed by atoms with Crippen LogP contribution < -0.4 is 9.62 Å². The van der Waals surface area contributed by atoms with Crippen molar-refractivity contribution in [1.82, 2.24) is 4.72 Å². The maximum Gasteiger partial charge on any atom is 0.417 e. The van der Waals surface area contributed by atoms with E-state index in [0.717, 1.165) is 12.1 Å². The first kappa shape index (κ1) is 16.6. The fraction of sp³-hybridized carbons (Fsp3) is 0.462. The first-order valence-corrected chi connectivity index (χ1v) is 8.02. The van der Waals surface area contributed by atoms with Crippen LogP contribution in [-0.4, -0.2) is 33.8 Å². The highest BCUT2D eigenvalue weighted by Gasteiger charge is 2.36. The Balaban J connectivity index is 2.31. The predicted octanol–water partition coefficient (Wildman–Crippen LogP) is 1.70. The van der Waals surface area contributed by atoms with Crippen molar-refractivity contribution in [3.8, 4) is 6.07 Å². The zero-order valence-electron chi connectivity index (χ0n) is 11.7. The van der Waals surface area contributed by atoms with Gasteiger partial charge in [-0.2, -0.15) is 18.4 Å². The lowest BCUT2D eigenvalue weighted by Crippen LogP contribution is -2.34. The van der Waals surface area contributed by atoms with Gasteiger partial charge >= 0.3 is 6.18 Å². The van der Waals surface area contributed by atoms with Crippen LogP contribution in [0.5, 0.6) is 0 Å². The summed E-state index contributed by atoms with van der Waals surface area (Å²) in [4.78, 5) is 1.58. The van der Waals surface area contributed by atoms with Crippen LogP contribution in [0, 0.1) is 11.3 Å². The highest BCUT2D eigenvalue weighted by molar-refractivity contribution is 7.90. The molecule has 22 heavy (non-hydrogen) atoms. The summed E-state index contributed by atoms with van der Waals surface area (Å²) in [5.41, 5.74) is -1.19. The molecule has 0 spiro atoms. The Bertz CT molecular complexity index is 710. The van der Waals surface area contributed by atoms with Crippen LogP contribution in [-0.2, 0) is 16.2 Å². The van der Waals surface area contributed by atoms with Gasteiger partial charge in [-0.05, 0) is 31.7 Å². The van der Waals surface area contributed by atoms with Crippen LogP contribution in [0.4, 0.5) is 18.9 Å². The molecule has 120 valence electrons. The Labute approximate surface area is 126 Å². The van der Waals surface area contributed by atoms with Crippen LogP contribution in [0.1, 0.15) is 17.5 Å². The minimum Gasteiger partial charge on any atom is -0.370 e. The molecule has 1 aliphatic heterocycles. The third kappa shape index (κ3) is 3.18. The van der Waals surface area contributed by atoms with Crippen molar-refractivity contribution in [2.45, 2.75) is 17.8 Å². The molecule has 0 saturated carbocycles. The second kappa shape index (κ2) is 5.78. The number of nitriles is 1. The molecular formula is C13H14F3N3O2S. The molecule has 0 amide bonds. The second-order valence-electron chi connectivity index (χ2n) is 4.95. The van der Waals surface area contributed by atoms with E-state index in [0.29, 0.717) is 13.0 Å². The molecule has 0 unspecified atom stereocenters. The maximum atomic E-state index is 12.9. The number of sulfonamides is 1.